The van der Waals surface area contributed by atoms with Gasteiger partial charge >= 0.3 is 6.03 Å². The van der Waals surface area contributed by atoms with Crippen molar-refractivity contribution in [2.45, 2.75) is 25.4 Å². The standard InChI is InChI=1S/C31H32FN5O4S.2ClH/c1-42(39,40)35-26-12-14-29(15-13-26)41-30-16-7-23(21-33-30)22-36-19-17-28(18-20-36)37(27-5-3-2-4-6-27)31(38)34-25-10-8-24(32)9-11-25;;/h2-16,21,28,35H,17-20,22H2,1H3,(H,34,38);2*1H. The topological polar surface area (TPSA) is 104 Å². The van der Waals surface area contributed by atoms with E-state index < -0.39 is 10.0 Å². The molecule has 1 aliphatic rings. The number of aromatic nitrogens is 1. The largest absolute Gasteiger partial charge is 0.439 e. The van der Waals surface area contributed by atoms with Crippen LogP contribution in [0.25, 0.3) is 0 Å². The van der Waals surface area contributed by atoms with Crippen molar-refractivity contribution in [2.75, 3.05) is 34.3 Å². The van der Waals surface area contributed by atoms with E-state index in [4.69, 9.17) is 4.74 Å². The number of likely N-dealkylation sites (tertiary alicyclic amines) is 1. The molecule has 4 aromatic rings. The molecule has 13 heteroatoms. The molecule has 1 aromatic heterocycles. The molecule has 2 amide bonds. The Kier molecular flexibility index (Phi) is 12.4. The fourth-order valence-corrected chi connectivity index (χ4v) is 5.45. The Bertz CT molecular complexity index is 1590. The molecule has 0 spiro atoms. The summed E-state index contributed by atoms with van der Waals surface area (Å²) < 4.78 is 44.3. The second-order valence-electron chi connectivity index (χ2n) is 10.2. The number of nitrogens with one attached hydrogen (secondary N) is 2. The highest BCUT2D eigenvalue weighted by Gasteiger charge is 2.29. The molecule has 2 N–H and O–H groups in total. The van der Waals surface area contributed by atoms with Gasteiger partial charge in [-0.15, -0.1) is 24.8 Å². The second-order valence-corrected chi connectivity index (χ2v) is 11.9. The van der Waals surface area contributed by atoms with Gasteiger partial charge in [-0.05, 0) is 79.1 Å². The number of carbonyl (C=O) groups excluding carboxylic acids is 1. The molecule has 0 atom stereocenters. The Balaban J connectivity index is 0.00000264. The van der Waals surface area contributed by atoms with Crippen LogP contribution in [0.15, 0.2) is 97.2 Å². The lowest BCUT2D eigenvalue weighted by atomic mass is 10.0. The van der Waals surface area contributed by atoms with E-state index in [9.17, 15) is 17.6 Å². The fraction of sp³-hybridized carbons (Fsp3) is 0.226. The summed E-state index contributed by atoms with van der Waals surface area (Å²) in [6, 6.07) is 25.5. The summed E-state index contributed by atoms with van der Waals surface area (Å²) in [4.78, 5) is 21.9. The van der Waals surface area contributed by atoms with Crippen LogP contribution in [0.2, 0.25) is 0 Å². The average molecular weight is 663 g/mol. The minimum absolute atomic E-state index is 0. The maximum atomic E-state index is 13.4. The van der Waals surface area contributed by atoms with Crippen LogP contribution in [0.3, 0.4) is 0 Å². The van der Waals surface area contributed by atoms with Crippen molar-refractivity contribution in [1.29, 1.82) is 0 Å². The van der Waals surface area contributed by atoms with E-state index in [1.165, 1.54) is 12.1 Å². The van der Waals surface area contributed by atoms with Crippen molar-refractivity contribution in [3.05, 3.63) is 109 Å². The van der Waals surface area contributed by atoms with Crippen LogP contribution in [0.1, 0.15) is 18.4 Å². The number of anilines is 3. The number of benzene rings is 3. The lowest BCUT2D eigenvalue weighted by Gasteiger charge is -2.38. The molecule has 0 saturated carbocycles. The number of urea groups is 1. The number of pyridine rings is 1. The van der Waals surface area contributed by atoms with E-state index in [2.05, 4.69) is 19.9 Å². The van der Waals surface area contributed by atoms with Gasteiger partial charge in [0.25, 0.3) is 0 Å². The molecule has 5 rings (SSSR count). The highest BCUT2D eigenvalue weighted by molar-refractivity contribution is 7.92. The molecule has 0 aliphatic carbocycles. The first-order chi connectivity index (χ1) is 20.2. The van der Waals surface area contributed by atoms with Crippen LogP contribution in [-0.2, 0) is 16.6 Å². The number of rotatable bonds is 9. The van der Waals surface area contributed by atoms with Crippen LogP contribution in [-0.4, -0.2) is 49.7 Å². The summed E-state index contributed by atoms with van der Waals surface area (Å²) >= 11 is 0. The molecule has 0 radical (unpaired) electrons. The normalized spacial score (nSPS) is 13.6. The molecule has 1 saturated heterocycles. The van der Waals surface area contributed by atoms with Crippen molar-refractivity contribution in [3.8, 4) is 11.6 Å². The zero-order valence-electron chi connectivity index (χ0n) is 23.9. The molecular weight excluding hydrogens is 628 g/mol. The van der Waals surface area contributed by atoms with Crippen LogP contribution >= 0.6 is 24.8 Å². The monoisotopic (exact) mass is 661 g/mol. The van der Waals surface area contributed by atoms with Crippen LogP contribution < -0.4 is 19.7 Å². The number of ether oxygens (including phenoxy) is 1. The van der Waals surface area contributed by atoms with Gasteiger partial charge in [0.2, 0.25) is 15.9 Å². The molecule has 1 aliphatic heterocycles. The van der Waals surface area contributed by atoms with Crippen molar-refractivity contribution in [1.82, 2.24) is 9.88 Å². The number of amides is 2. The fourth-order valence-electron chi connectivity index (χ4n) is 4.88. The number of halogens is 3. The van der Waals surface area contributed by atoms with E-state index in [-0.39, 0.29) is 42.7 Å². The Morgan fingerprint density at radius 3 is 2.16 bits per heavy atom. The number of hydrogen-bond acceptors (Lipinski definition) is 6. The Hall–Kier alpha value is -3.90. The van der Waals surface area contributed by atoms with E-state index in [0.717, 1.165) is 50.0 Å². The van der Waals surface area contributed by atoms with Gasteiger partial charge < -0.3 is 10.1 Å². The van der Waals surface area contributed by atoms with Gasteiger partial charge in [-0.25, -0.2) is 22.6 Å². The van der Waals surface area contributed by atoms with E-state index >= 15 is 0 Å². The minimum Gasteiger partial charge on any atom is -0.439 e. The van der Waals surface area contributed by atoms with Crippen LogP contribution in [0.5, 0.6) is 11.6 Å². The molecule has 9 nitrogen and oxygen atoms in total. The Morgan fingerprint density at radius 2 is 1.57 bits per heavy atom. The molecule has 1 fully saturated rings. The summed E-state index contributed by atoms with van der Waals surface area (Å²) in [6.07, 6.45) is 4.48. The molecule has 3 aromatic carbocycles. The predicted octanol–water partition coefficient (Wildman–Crippen LogP) is 6.93. The smallest absolute Gasteiger partial charge is 0.326 e. The quantitative estimate of drug-likeness (QED) is 0.202. The van der Waals surface area contributed by atoms with Gasteiger partial charge in [-0.3, -0.25) is 14.5 Å². The summed E-state index contributed by atoms with van der Waals surface area (Å²) in [6.45, 7) is 2.34. The molecule has 0 unspecified atom stereocenters. The van der Waals surface area contributed by atoms with Crippen molar-refractivity contribution in [3.63, 3.8) is 0 Å². The highest BCUT2D eigenvalue weighted by Crippen LogP contribution is 2.27. The maximum absolute atomic E-state index is 13.4. The lowest BCUT2D eigenvalue weighted by Crippen LogP contribution is -2.49. The molecule has 2 heterocycles. The zero-order chi connectivity index (χ0) is 29.5. The number of sulfonamides is 1. The van der Waals surface area contributed by atoms with Gasteiger partial charge in [0.1, 0.15) is 11.6 Å². The van der Waals surface area contributed by atoms with E-state index in [1.807, 2.05) is 42.5 Å². The third-order valence-electron chi connectivity index (χ3n) is 6.85. The van der Waals surface area contributed by atoms with Gasteiger partial charge in [0.15, 0.2) is 0 Å². The first-order valence-corrected chi connectivity index (χ1v) is 15.4. The molecule has 44 heavy (non-hydrogen) atoms. The van der Waals surface area contributed by atoms with Gasteiger partial charge in [-0.1, -0.05) is 24.3 Å². The third kappa shape index (κ3) is 9.81. The van der Waals surface area contributed by atoms with Gasteiger partial charge in [0, 0.05) is 55.0 Å². The summed E-state index contributed by atoms with van der Waals surface area (Å²) in [5.41, 5.74) is 2.86. The van der Waals surface area contributed by atoms with Crippen molar-refractivity contribution in [2.24, 2.45) is 0 Å². The highest BCUT2D eigenvalue weighted by atomic mass is 35.5. The van der Waals surface area contributed by atoms with Crippen molar-refractivity contribution >= 4 is 57.9 Å². The number of piperidine rings is 1. The summed E-state index contributed by atoms with van der Waals surface area (Å²) in [5.74, 6) is 0.628. The Morgan fingerprint density at radius 1 is 0.932 bits per heavy atom. The average Bonchev–Trinajstić information content (AvgIpc) is 2.97. The summed E-state index contributed by atoms with van der Waals surface area (Å²) in [7, 11) is -3.34. The minimum atomic E-state index is -3.34. The lowest BCUT2D eigenvalue weighted by molar-refractivity contribution is 0.199. The van der Waals surface area contributed by atoms with Crippen molar-refractivity contribution < 1.29 is 22.3 Å². The first-order valence-electron chi connectivity index (χ1n) is 13.6. The Labute approximate surface area is 269 Å². The van der Waals surface area contributed by atoms with E-state index in [0.29, 0.717) is 23.0 Å². The van der Waals surface area contributed by atoms with Gasteiger partial charge in [-0.2, -0.15) is 0 Å². The maximum Gasteiger partial charge on any atom is 0.326 e. The van der Waals surface area contributed by atoms with E-state index in [1.54, 1.807) is 47.5 Å². The number of hydrogen-bond donors (Lipinski definition) is 2. The number of nitrogens with zero attached hydrogens (tertiary/aromatic N) is 3. The SMILES string of the molecule is CS(=O)(=O)Nc1ccc(Oc2ccc(CN3CCC(N(C(=O)Nc4ccc(F)cc4)c4ccccc4)CC3)cn2)cc1.Cl.Cl. The summed E-state index contributed by atoms with van der Waals surface area (Å²) in [5, 5.41) is 2.91. The third-order valence-corrected chi connectivity index (χ3v) is 7.46. The first kappa shape index (κ1) is 34.6. The van der Waals surface area contributed by atoms with Crippen LogP contribution in [0.4, 0.5) is 26.2 Å². The molecule has 234 valence electrons. The van der Waals surface area contributed by atoms with Gasteiger partial charge in [0.05, 0.1) is 6.26 Å². The van der Waals surface area contributed by atoms with Crippen LogP contribution in [0, 0.1) is 5.82 Å². The molecular formula is C31H34Cl2FN5O4S. The zero-order valence-corrected chi connectivity index (χ0v) is 26.4. The molecule has 0 bridgehead atoms. The number of para-hydroxylation sites is 1. The second kappa shape index (κ2) is 15.7. The predicted molar refractivity (Wildman–Crippen MR) is 176 cm³/mol. The number of carbonyl (C=O) groups is 1.